The van der Waals surface area contributed by atoms with Gasteiger partial charge in [0.25, 0.3) is 0 Å². The molecule has 0 saturated carbocycles. The number of nitrogens with zero attached hydrogens (tertiary/aromatic N) is 2. The van der Waals surface area contributed by atoms with Crippen LogP contribution in [0.3, 0.4) is 0 Å². The van der Waals surface area contributed by atoms with E-state index in [-0.39, 0.29) is 0 Å². The Hall–Kier alpha value is -1.23. The monoisotopic (exact) mass is 162 g/mol. The van der Waals surface area contributed by atoms with Gasteiger partial charge in [0.05, 0.1) is 0 Å². The molecule has 0 N–H and O–H groups in total. The van der Waals surface area contributed by atoms with Crippen molar-refractivity contribution in [1.82, 2.24) is 9.78 Å². The summed E-state index contributed by atoms with van der Waals surface area (Å²) in [5.74, 6) is 3.24. The van der Waals surface area contributed by atoms with Crippen LogP contribution in [0.15, 0.2) is 12.3 Å². The summed E-state index contributed by atoms with van der Waals surface area (Å²) in [6.07, 6.45) is 8.05. The first kappa shape index (κ1) is 8.86. The van der Waals surface area contributed by atoms with E-state index in [4.69, 9.17) is 6.42 Å². The maximum atomic E-state index is 5.21. The molecule has 0 bridgehead atoms. The van der Waals surface area contributed by atoms with Gasteiger partial charge in [-0.25, -0.2) is 0 Å². The molecule has 0 fully saturated rings. The molecule has 0 unspecified atom stereocenters. The van der Waals surface area contributed by atoms with E-state index < -0.39 is 0 Å². The summed E-state index contributed by atoms with van der Waals surface area (Å²) in [5.41, 5.74) is 1.22. The highest BCUT2D eigenvalue weighted by Gasteiger charge is 2.02. The van der Waals surface area contributed by atoms with Crippen molar-refractivity contribution >= 4 is 0 Å². The van der Waals surface area contributed by atoms with Crippen LogP contribution in [-0.4, -0.2) is 9.78 Å². The fraction of sp³-hybridized carbons (Fsp3) is 0.500. The predicted molar refractivity (Wildman–Crippen MR) is 49.6 cm³/mol. The molecule has 0 aromatic carbocycles. The van der Waals surface area contributed by atoms with Crippen molar-refractivity contribution in [2.75, 3.05) is 0 Å². The third-order valence-electron chi connectivity index (χ3n) is 1.66. The summed E-state index contributed by atoms with van der Waals surface area (Å²) in [6.45, 7) is 4.95. The van der Waals surface area contributed by atoms with Crippen LogP contribution in [0.4, 0.5) is 0 Å². The molecule has 0 saturated heterocycles. The van der Waals surface area contributed by atoms with Gasteiger partial charge in [0, 0.05) is 11.9 Å². The zero-order chi connectivity index (χ0) is 8.97. The Morgan fingerprint density at radius 1 is 1.67 bits per heavy atom. The topological polar surface area (TPSA) is 17.8 Å². The van der Waals surface area contributed by atoms with Gasteiger partial charge in [0.2, 0.25) is 0 Å². The lowest BCUT2D eigenvalue weighted by Gasteiger charge is -2.05. The minimum atomic E-state index is 0.578. The lowest BCUT2D eigenvalue weighted by atomic mass is 10.1. The molecular weight excluding hydrogens is 148 g/mol. The number of rotatable bonds is 3. The first-order valence-corrected chi connectivity index (χ1v) is 4.18. The molecule has 0 aliphatic rings. The minimum Gasteiger partial charge on any atom is -0.258 e. The van der Waals surface area contributed by atoms with Gasteiger partial charge in [-0.2, -0.15) is 5.10 Å². The molecule has 64 valence electrons. The molecule has 1 heterocycles. The van der Waals surface area contributed by atoms with Crippen molar-refractivity contribution in [1.29, 1.82) is 0 Å². The van der Waals surface area contributed by atoms with Crippen LogP contribution in [0, 0.1) is 18.3 Å². The van der Waals surface area contributed by atoms with E-state index in [1.807, 2.05) is 10.7 Å². The van der Waals surface area contributed by atoms with Crippen molar-refractivity contribution in [3.05, 3.63) is 18.0 Å². The molecule has 0 amide bonds. The smallest absolute Gasteiger partial charge is 0.102 e. The third-order valence-corrected chi connectivity index (χ3v) is 1.66. The molecule has 0 radical (unpaired) electrons. The first-order valence-electron chi connectivity index (χ1n) is 4.18. The number of aromatic nitrogens is 2. The first-order chi connectivity index (χ1) is 5.74. The summed E-state index contributed by atoms with van der Waals surface area (Å²) in [7, 11) is 0. The van der Waals surface area contributed by atoms with Crippen LogP contribution in [0.1, 0.15) is 19.5 Å². The highest BCUT2D eigenvalue weighted by Crippen LogP contribution is 2.06. The molecule has 2 nitrogen and oxygen atoms in total. The van der Waals surface area contributed by atoms with Crippen LogP contribution in [-0.2, 0) is 13.0 Å². The van der Waals surface area contributed by atoms with Crippen molar-refractivity contribution in [3.8, 4) is 12.3 Å². The average molecular weight is 162 g/mol. The summed E-state index contributed by atoms with van der Waals surface area (Å²) in [4.78, 5) is 0. The normalized spacial score (nSPS) is 10.2. The van der Waals surface area contributed by atoms with E-state index >= 15 is 0 Å². The van der Waals surface area contributed by atoms with Crippen LogP contribution < -0.4 is 0 Å². The fourth-order valence-electron chi connectivity index (χ4n) is 1.18. The van der Waals surface area contributed by atoms with E-state index in [2.05, 4.69) is 24.9 Å². The van der Waals surface area contributed by atoms with Crippen LogP contribution in [0.25, 0.3) is 0 Å². The Labute approximate surface area is 73.6 Å². The Kier molecular flexibility index (Phi) is 2.93. The highest BCUT2D eigenvalue weighted by atomic mass is 15.3. The molecule has 2 heteroatoms. The van der Waals surface area contributed by atoms with E-state index in [9.17, 15) is 0 Å². The predicted octanol–water partition coefficient (Wildman–Crippen LogP) is 1.71. The second-order valence-electron chi connectivity index (χ2n) is 3.28. The largest absolute Gasteiger partial charge is 0.258 e. The van der Waals surface area contributed by atoms with Crippen LogP contribution in [0.2, 0.25) is 0 Å². The van der Waals surface area contributed by atoms with Crippen LogP contribution in [0.5, 0.6) is 0 Å². The van der Waals surface area contributed by atoms with Crippen molar-refractivity contribution in [2.45, 2.75) is 26.8 Å². The molecule has 0 aliphatic carbocycles. The molecule has 0 spiro atoms. The summed E-state index contributed by atoms with van der Waals surface area (Å²) in [5, 5.41) is 4.13. The summed E-state index contributed by atoms with van der Waals surface area (Å²) >= 11 is 0. The van der Waals surface area contributed by atoms with E-state index in [1.54, 1.807) is 6.20 Å². The Morgan fingerprint density at radius 3 is 3.00 bits per heavy atom. The second-order valence-corrected chi connectivity index (χ2v) is 3.28. The lowest BCUT2D eigenvalue weighted by molar-refractivity contribution is 0.582. The van der Waals surface area contributed by atoms with Gasteiger partial charge in [0.15, 0.2) is 0 Å². The van der Waals surface area contributed by atoms with Gasteiger partial charge in [0.1, 0.15) is 6.54 Å². The Morgan fingerprint density at radius 2 is 2.42 bits per heavy atom. The van der Waals surface area contributed by atoms with E-state index in [0.717, 1.165) is 6.42 Å². The van der Waals surface area contributed by atoms with Gasteiger partial charge in [-0.05, 0) is 18.4 Å². The second kappa shape index (κ2) is 3.96. The molecular formula is C10H14N2. The molecule has 0 atom stereocenters. The van der Waals surface area contributed by atoms with E-state index in [0.29, 0.717) is 12.5 Å². The van der Waals surface area contributed by atoms with Gasteiger partial charge >= 0.3 is 0 Å². The third kappa shape index (κ3) is 2.13. The maximum absolute atomic E-state index is 5.21. The zero-order valence-electron chi connectivity index (χ0n) is 7.62. The molecule has 1 aromatic rings. The fourth-order valence-corrected chi connectivity index (χ4v) is 1.18. The quantitative estimate of drug-likeness (QED) is 0.619. The highest BCUT2D eigenvalue weighted by molar-refractivity contribution is 5.03. The van der Waals surface area contributed by atoms with Gasteiger partial charge in [-0.1, -0.05) is 19.8 Å². The molecule has 1 aromatic heterocycles. The number of hydrogen-bond donors (Lipinski definition) is 0. The van der Waals surface area contributed by atoms with Crippen LogP contribution >= 0.6 is 0 Å². The van der Waals surface area contributed by atoms with E-state index in [1.165, 1.54) is 5.69 Å². The zero-order valence-corrected chi connectivity index (χ0v) is 7.62. The number of terminal acetylenes is 1. The van der Waals surface area contributed by atoms with Gasteiger partial charge in [-0.15, -0.1) is 6.42 Å². The number of hydrogen-bond acceptors (Lipinski definition) is 1. The summed E-state index contributed by atoms with van der Waals surface area (Å²) < 4.78 is 1.88. The molecule has 12 heavy (non-hydrogen) atoms. The van der Waals surface area contributed by atoms with Gasteiger partial charge < -0.3 is 0 Å². The standard InChI is InChI=1S/C10H14N2/c1-4-7-12-10(5-6-11-12)8-9(2)3/h1,5-6,9H,7-8H2,2-3H3. The van der Waals surface area contributed by atoms with Crippen molar-refractivity contribution < 1.29 is 0 Å². The Bertz CT molecular complexity index is 278. The maximum Gasteiger partial charge on any atom is 0.102 e. The lowest BCUT2D eigenvalue weighted by Crippen LogP contribution is -2.06. The van der Waals surface area contributed by atoms with Gasteiger partial charge in [-0.3, -0.25) is 4.68 Å². The van der Waals surface area contributed by atoms with Crippen molar-refractivity contribution in [3.63, 3.8) is 0 Å². The summed E-state index contributed by atoms with van der Waals surface area (Å²) in [6, 6.07) is 2.03. The average Bonchev–Trinajstić information content (AvgIpc) is 2.37. The molecule has 0 aliphatic heterocycles. The Balaban J connectivity index is 2.71. The van der Waals surface area contributed by atoms with Crippen molar-refractivity contribution in [2.24, 2.45) is 5.92 Å². The minimum absolute atomic E-state index is 0.578. The SMILES string of the molecule is C#CCn1nccc1CC(C)C. The molecule has 1 rings (SSSR count).